The number of aryl methyl sites for hydroxylation is 1. The molecule has 0 aliphatic carbocycles. The molecule has 1 N–H and O–H groups in total. The van der Waals surface area contributed by atoms with Gasteiger partial charge in [0, 0.05) is 19.5 Å². The van der Waals surface area contributed by atoms with Gasteiger partial charge in [0.1, 0.15) is 5.82 Å². The summed E-state index contributed by atoms with van der Waals surface area (Å²) >= 11 is 1.47. The van der Waals surface area contributed by atoms with E-state index in [1.54, 1.807) is 0 Å². The quantitative estimate of drug-likeness (QED) is 0.725. The van der Waals surface area contributed by atoms with Crippen LogP contribution in [-0.2, 0) is 6.42 Å². The number of hydrogen-bond donors (Lipinski definition) is 1. The number of hydrogen-bond acceptors (Lipinski definition) is 5. The molecule has 144 valence electrons. The SMILES string of the molecule is CCc1nc2sc([C@H](c3ccc(F)cc3)N3C[C@H](C)C[C@H](C)C3)c(O)n2n1. The molecule has 1 aliphatic rings. The van der Waals surface area contributed by atoms with Crippen LogP contribution in [0, 0.1) is 17.7 Å². The first-order chi connectivity index (χ1) is 13.0. The molecule has 5 nitrogen and oxygen atoms in total. The Hall–Kier alpha value is -1.99. The first kappa shape index (κ1) is 18.4. The summed E-state index contributed by atoms with van der Waals surface area (Å²) in [6.45, 7) is 8.41. The normalized spacial score (nSPS) is 22.4. The molecule has 27 heavy (non-hydrogen) atoms. The van der Waals surface area contributed by atoms with Crippen molar-refractivity contribution in [2.75, 3.05) is 13.1 Å². The predicted octanol–water partition coefficient (Wildman–Crippen LogP) is 4.27. The van der Waals surface area contributed by atoms with E-state index in [4.69, 9.17) is 0 Å². The second-order valence-electron chi connectivity index (χ2n) is 7.72. The van der Waals surface area contributed by atoms with Gasteiger partial charge in [0.25, 0.3) is 0 Å². The fraction of sp³-hybridized carbons (Fsp3) is 0.500. The maximum Gasteiger partial charge on any atom is 0.230 e. The number of thiazole rings is 1. The Bertz CT molecular complexity index is 926. The van der Waals surface area contributed by atoms with Crippen molar-refractivity contribution < 1.29 is 9.50 Å². The highest BCUT2D eigenvalue weighted by atomic mass is 32.1. The van der Waals surface area contributed by atoms with Crippen LogP contribution in [0.2, 0.25) is 0 Å². The number of rotatable bonds is 4. The number of benzene rings is 1. The van der Waals surface area contributed by atoms with Crippen molar-refractivity contribution in [3.05, 3.63) is 46.3 Å². The van der Waals surface area contributed by atoms with Crippen molar-refractivity contribution in [2.24, 2.45) is 11.8 Å². The minimum absolute atomic E-state index is 0.130. The number of fused-ring (bicyclic) bond motifs is 1. The lowest BCUT2D eigenvalue weighted by molar-refractivity contribution is 0.112. The van der Waals surface area contributed by atoms with Crippen LogP contribution >= 0.6 is 11.3 Å². The topological polar surface area (TPSA) is 53.7 Å². The molecular formula is C20H25FN4OS. The molecular weight excluding hydrogens is 363 g/mol. The minimum Gasteiger partial charge on any atom is -0.492 e. The molecule has 1 aliphatic heterocycles. The van der Waals surface area contributed by atoms with Crippen molar-refractivity contribution in [2.45, 2.75) is 39.7 Å². The zero-order valence-electron chi connectivity index (χ0n) is 15.9. The van der Waals surface area contributed by atoms with Gasteiger partial charge in [0.05, 0.1) is 10.9 Å². The molecule has 3 heterocycles. The van der Waals surface area contributed by atoms with Gasteiger partial charge in [-0.05, 0) is 36.0 Å². The Balaban J connectivity index is 1.81. The van der Waals surface area contributed by atoms with Crippen molar-refractivity contribution in [3.63, 3.8) is 0 Å². The summed E-state index contributed by atoms with van der Waals surface area (Å²) in [6.07, 6.45) is 1.93. The Morgan fingerprint density at radius 1 is 1.22 bits per heavy atom. The molecule has 0 saturated carbocycles. The third kappa shape index (κ3) is 3.46. The van der Waals surface area contributed by atoms with E-state index in [1.807, 2.05) is 19.1 Å². The fourth-order valence-corrected chi connectivity index (χ4v) is 5.35. The van der Waals surface area contributed by atoms with Gasteiger partial charge < -0.3 is 5.11 Å². The Morgan fingerprint density at radius 3 is 2.48 bits per heavy atom. The molecule has 7 heteroatoms. The van der Waals surface area contributed by atoms with E-state index in [-0.39, 0.29) is 17.7 Å². The fourth-order valence-electron chi connectivity index (χ4n) is 4.21. The molecule has 1 saturated heterocycles. The largest absolute Gasteiger partial charge is 0.492 e. The third-order valence-corrected chi connectivity index (χ3v) is 6.33. The maximum absolute atomic E-state index is 13.5. The van der Waals surface area contributed by atoms with Gasteiger partial charge in [-0.1, -0.05) is 44.2 Å². The highest BCUT2D eigenvalue weighted by Crippen LogP contribution is 2.42. The summed E-state index contributed by atoms with van der Waals surface area (Å²) in [6, 6.07) is 6.48. The Morgan fingerprint density at radius 2 is 1.89 bits per heavy atom. The molecule has 4 rings (SSSR count). The molecule has 0 unspecified atom stereocenters. The van der Waals surface area contributed by atoms with E-state index in [1.165, 1.54) is 34.4 Å². The smallest absolute Gasteiger partial charge is 0.230 e. The maximum atomic E-state index is 13.5. The number of likely N-dealkylation sites (tertiary alicyclic amines) is 1. The van der Waals surface area contributed by atoms with Crippen LogP contribution < -0.4 is 0 Å². The van der Waals surface area contributed by atoms with Gasteiger partial charge in [-0.25, -0.2) is 9.37 Å². The lowest BCUT2D eigenvalue weighted by Crippen LogP contribution is -2.41. The lowest BCUT2D eigenvalue weighted by Gasteiger charge is -2.40. The first-order valence-corrected chi connectivity index (χ1v) is 10.3. The van der Waals surface area contributed by atoms with Crippen molar-refractivity contribution in [3.8, 4) is 5.88 Å². The van der Waals surface area contributed by atoms with Crippen LogP contribution in [-0.4, -0.2) is 37.7 Å². The van der Waals surface area contributed by atoms with E-state index in [9.17, 15) is 9.50 Å². The minimum atomic E-state index is -0.252. The number of aromatic nitrogens is 3. The molecule has 1 aromatic carbocycles. The second kappa shape index (κ2) is 7.20. The third-order valence-electron chi connectivity index (χ3n) is 5.26. The Labute approximate surface area is 162 Å². The van der Waals surface area contributed by atoms with Gasteiger partial charge in [-0.2, -0.15) is 4.52 Å². The van der Waals surface area contributed by atoms with E-state index in [0.717, 1.165) is 35.8 Å². The van der Waals surface area contributed by atoms with Gasteiger partial charge >= 0.3 is 0 Å². The van der Waals surface area contributed by atoms with E-state index >= 15 is 0 Å². The van der Waals surface area contributed by atoms with Crippen molar-refractivity contribution >= 4 is 16.3 Å². The number of aromatic hydroxyl groups is 1. The van der Waals surface area contributed by atoms with Crippen LogP contribution in [0.15, 0.2) is 24.3 Å². The van der Waals surface area contributed by atoms with Gasteiger partial charge in [0.15, 0.2) is 5.82 Å². The molecule has 0 amide bonds. The molecule has 2 aromatic heterocycles. The lowest BCUT2D eigenvalue weighted by atomic mass is 9.89. The molecule has 0 spiro atoms. The highest BCUT2D eigenvalue weighted by Gasteiger charge is 2.33. The van der Waals surface area contributed by atoms with Crippen molar-refractivity contribution in [1.82, 2.24) is 19.5 Å². The number of piperidine rings is 1. The highest BCUT2D eigenvalue weighted by molar-refractivity contribution is 7.17. The second-order valence-corrected chi connectivity index (χ2v) is 8.73. The van der Waals surface area contributed by atoms with Gasteiger partial charge in [-0.3, -0.25) is 4.90 Å². The van der Waals surface area contributed by atoms with E-state index in [2.05, 4.69) is 28.8 Å². The predicted molar refractivity (Wildman–Crippen MR) is 105 cm³/mol. The van der Waals surface area contributed by atoms with Crippen molar-refractivity contribution in [1.29, 1.82) is 0 Å². The van der Waals surface area contributed by atoms with Crippen LogP contribution in [0.1, 0.15) is 49.5 Å². The van der Waals surface area contributed by atoms with E-state index in [0.29, 0.717) is 16.8 Å². The summed E-state index contributed by atoms with van der Waals surface area (Å²) in [4.78, 5) is 8.43. The number of halogens is 1. The number of nitrogens with zero attached hydrogens (tertiary/aromatic N) is 4. The van der Waals surface area contributed by atoms with Crippen LogP contribution in [0.25, 0.3) is 4.96 Å². The molecule has 3 aromatic rings. The van der Waals surface area contributed by atoms with Crippen LogP contribution in [0.3, 0.4) is 0 Å². The summed E-state index contributed by atoms with van der Waals surface area (Å²) in [5.74, 6) is 1.77. The average Bonchev–Trinajstić information content (AvgIpc) is 3.16. The molecule has 0 bridgehead atoms. The molecule has 0 radical (unpaired) electrons. The zero-order chi connectivity index (χ0) is 19.1. The standard InChI is InChI=1S/C20H25FN4OS/c1-4-16-22-20-25(23-16)19(26)18(27-20)17(14-5-7-15(21)8-6-14)24-10-12(2)9-13(3)11-24/h5-8,12-13,17,26H,4,9-11H2,1-3H3/t12-,13+,17-/m0/s1. The zero-order valence-corrected chi connectivity index (χ0v) is 16.7. The van der Waals surface area contributed by atoms with E-state index < -0.39 is 0 Å². The van der Waals surface area contributed by atoms with Crippen LogP contribution in [0.4, 0.5) is 4.39 Å². The summed E-state index contributed by atoms with van der Waals surface area (Å²) in [5.41, 5.74) is 0.980. The Kier molecular flexibility index (Phi) is 4.90. The monoisotopic (exact) mass is 388 g/mol. The molecule has 3 atom stereocenters. The summed E-state index contributed by atoms with van der Waals surface area (Å²) < 4.78 is 15.0. The summed E-state index contributed by atoms with van der Waals surface area (Å²) in [7, 11) is 0. The first-order valence-electron chi connectivity index (χ1n) is 9.53. The van der Waals surface area contributed by atoms with Gasteiger partial charge in [-0.15, -0.1) is 5.10 Å². The van der Waals surface area contributed by atoms with Gasteiger partial charge in [0.2, 0.25) is 10.8 Å². The molecule has 1 fully saturated rings. The van der Waals surface area contributed by atoms with Crippen LogP contribution in [0.5, 0.6) is 5.88 Å². The summed E-state index contributed by atoms with van der Waals surface area (Å²) in [5, 5.41) is 15.3. The average molecular weight is 389 g/mol.